The Bertz CT molecular complexity index is 611. The molecule has 1 aromatic rings. The number of aliphatic hydroxyl groups is 1. The first-order chi connectivity index (χ1) is 11.1. The smallest absolute Gasteiger partial charge is 0.347 e. The second-order valence-corrected chi connectivity index (χ2v) is 7.60. The van der Waals surface area contributed by atoms with Crippen LogP contribution in [0.2, 0.25) is 0 Å². The highest BCUT2D eigenvalue weighted by Gasteiger charge is 2.44. The predicted molar refractivity (Wildman–Crippen MR) is 95.6 cm³/mol. The lowest BCUT2D eigenvalue weighted by molar-refractivity contribution is -0.174. The van der Waals surface area contributed by atoms with Crippen LogP contribution in [0.15, 0.2) is 42.5 Å². The van der Waals surface area contributed by atoms with E-state index in [4.69, 9.17) is 4.74 Å². The Kier molecular flexibility index (Phi) is 5.21. The van der Waals surface area contributed by atoms with Crippen LogP contribution in [0.4, 0.5) is 0 Å². The van der Waals surface area contributed by atoms with Gasteiger partial charge in [0.25, 0.3) is 0 Å². The molecule has 4 nitrogen and oxygen atoms in total. The maximum absolute atomic E-state index is 12.8. The molecule has 1 N–H and O–H groups in total. The summed E-state index contributed by atoms with van der Waals surface area (Å²) in [5.41, 5.74) is -1.02. The summed E-state index contributed by atoms with van der Waals surface area (Å²) in [5, 5.41) is 11.0. The molecule has 0 bridgehead atoms. The Labute approximate surface area is 145 Å². The standard InChI is InChI=1S/C20H29NO3/c1-14(2)20(23,16-10-8-7-9-11-16)18(22)24-17-12-15(3)21(6)19(4,5)13-17/h7-11,15,17,23H,1,12-13H2,2-6H3. The molecule has 1 saturated heterocycles. The summed E-state index contributed by atoms with van der Waals surface area (Å²) in [4.78, 5) is 15.1. The van der Waals surface area contributed by atoms with E-state index in [0.29, 0.717) is 17.2 Å². The second-order valence-electron chi connectivity index (χ2n) is 7.60. The van der Waals surface area contributed by atoms with Crippen molar-refractivity contribution in [1.29, 1.82) is 0 Å². The molecule has 3 atom stereocenters. The molecule has 1 aliphatic rings. The van der Waals surface area contributed by atoms with Gasteiger partial charge in [0.15, 0.2) is 0 Å². The fourth-order valence-corrected chi connectivity index (χ4v) is 3.46. The average molecular weight is 331 g/mol. The molecule has 3 unspecified atom stereocenters. The molecular weight excluding hydrogens is 302 g/mol. The highest BCUT2D eigenvalue weighted by molar-refractivity contribution is 5.85. The average Bonchev–Trinajstić information content (AvgIpc) is 2.52. The van der Waals surface area contributed by atoms with E-state index in [0.717, 1.165) is 12.8 Å². The third-order valence-electron chi connectivity index (χ3n) is 5.33. The Morgan fingerprint density at radius 2 is 1.96 bits per heavy atom. The molecule has 0 aliphatic carbocycles. The maximum Gasteiger partial charge on any atom is 0.347 e. The fraction of sp³-hybridized carbons (Fsp3) is 0.550. The van der Waals surface area contributed by atoms with Crippen LogP contribution in [0.5, 0.6) is 0 Å². The number of hydrogen-bond donors (Lipinski definition) is 1. The zero-order valence-electron chi connectivity index (χ0n) is 15.4. The largest absolute Gasteiger partial charge is 0.460 e. The lowest BCUT2D eigenvalue weighted by Gasteiger charge is -2.47. The summed E-state index contributed by atoms with van der Waals surface area (Å²) in [6.45, 7) is 11.9. The summed E-state index contributed by atoms with van der Waals surface area (Å²) in [6, 6.07) is 9.17. The van der Waals surface area contributed by atoms with Crippen LogP contribution in [0.25, 0.3) is 0 Å². The second kappa shape index (κ2) is 6.69. The van der Waals surface area contributed by atoms with E-state index in [2.05, 4.69) is 39.3 Å². The Hall–Kier alpha value is -1.65. The Balaban J connectivity index is 2.22. The molecule has 0 aromatic heterocycles. The van der Waals surface area contributed by atoms with Gasteiger partial charge in [-0.15, -0.1) is 0 Å². The van der Waals surface area contributed by atoms with Crippen molar-refractivity contribution in [3.8, 4) is 0 Å². The first-order valence-corrected chi connectivity index (χ1v) is 8.47. The van der Waals surface area contributed by atoms with Crippen molar-refractivity contribution in [2.45, 2.75) is 63.8 Å². The van der Waals surface area contributed by atoms with Gasteiger partial charge < -0.3 is 9.84 Å². The highest BCUT2D eigenvalue weighted by Crippen LogP contribution is 2.35. The number of hydrogen-bond acceptors (Lipinski definition) is 4. The zero-order chi connectivity index (χ0) is 18.1. The summed E-state index contributed by atoms with van der Waals surface area (Å²) in [6.07, 6.45) is 1.28. The van der Waals surface area contributed by atoms with Crippen molar-refractivity contribution in [3.63, 3.8) is 0 Å². The normalized spacial score (nSPS) is 26.4. The number of carbonyl (C=O) groups excluding carboxylic acids is 1. The van der Waals surface area contributed by atoms with E-state index in [1.54, 1.807) is 31.2 Å². The number of esters is 1. The van der Waals surface area contributed by atoms with Crippen LogP contribution in [0.1, 0.15) is 46.1 Å². The number of nitrogens with zero attached hydrogens (tertiary/aromatic N) is 1. The SMILES string of the molecule is C=C(C)C(O)(C(=O)OC1CC(C)N(C)C(C)(C)C1)c1ccccc1. The molecule has 1 fully saturated rings. The van der Waals surface area contributed by atoms with Crippen LogP contribution < -0.4 is 0 Å². The van der Waals surface area contributed by atoms with Gasteiger partial charge in [-0.05, 0) is 52.3 Å². The molecule has 0 saturated carbocycles. The lowest BCUT2D eigenvalue weighted by Crippen LogP contribution is -2.55. The molecule has 2 rings (SSSR count). The van der Waals surface area contributed by atoms with Crippen LogP contribution in [0, 0.1) is 0 Å². The summed E-state index contributed by atoms with van der Waals surface area (Å²) < 4.78 is 5.75. The molecule has 1 aliphatic heterocycles. The van der Waals surface area contributed by atoms with Crippen LogP contribution >= 0.6 is 0 Å². The van der Waals surface area contributed by atoms with E-state index < -0.39 is 11.6 Å². The monoisotopic (exact) mass is 331 g/mol. The molecule has 132 valence electrons. The maximum atomic E-state index is 12.8. The molecule has 1 heterocycles. The molecule has 1 aromatic carbocycles. The number of piperidine rings is 1. The van der Waals surface area contributed by atoms with E-state index in [1.165, 1.54) is 0 Å². The molecular formula is C20H29NO3. The van der Waals surface area contributed by atoms with Crippen molar-refractivity contribution < 1.29 is 14.6 Å². The van der Waals surface area contributed by atoms with E-state index in [1.807, 2.05) is 6.07 Å². The third kappa shape index (κ3) is 3.40. The van der Waals surface area contributed by atoms with Gasteiger partial charge in [0.1, 0.15) is 6.10 Å². The van der Waals surface area contributed by atoms with Gasteiger partial charge in [-0.1, -0.05) is 36.9 Å². The molecule has 0 radical (unpaired) electrons. The summed E-state index contributed by atoms with van der Waals surface area (Å²) in [5.74, 6) is -0.640. The van der Waals surface area contributed by atoms with Gasteiger partial charge in [0, 0.05) is 18.0 Å². The fourth-order valence-electron chi connectivity index (χ4n) is 3.46. The topological polar surface area (TPSA) is 49.8 Å². The van der Waals surface area contributed by atoms with Crippen molar-refractivity contribution >= 4 is 5.97 Å². The number of ether oxygens (including phenoxy) is 1. The van der Waals surface area contributed by atoms with Gasteiger partial charge in [0.05, 0.1) is 0 Å². The minimum absolute atomic E-state index is 0.0588. The zero-order valence-corrected chi connectivity index (χ0v) is 15.4. The quantitative estimate of drug-likeness (QED) is 0.680. The molecule has 0 spiro atoms. The highest BCUT2D eigenvalue weighted by atomic mass is 16.6. The van der Waals surface area contributed by atoms with Crippen LogP contribution in [0.3, 0.4) is 0 Å². The van der Waals surface area contributed by atoms with Crippen LogP contribution in [-0.2, 0) is 15.1 Å². The third-order valence-corrected chi connectivity index (χ3v) is 5.33. The first kappa shape index (κ1) is 18.7. The Morgan fingerprint density at radius 1 is 1.38 bits per heavy atom. The van der Waals surface area contributed by atoms with Gasteiger partial charge in [-0.25, -0.2) is 4.79 Å². The van der Waals surface area contributed by atoms with Gasteiger partial charge >= 0.3 is 5.97 Å². The number of rotatable bonds is 4. The number of carbonyl (C=O) groups is 1. The predicted octanol–water partition coefficient (Wildman–Crippen LogP) is 3.25. The Morgan fingerprint density at radius 3 is 2.46 bits per heavy atom. The van der Waals surface area contributed by atoms with Crippen molar-refractivity contribution in [1.82, 2.24) is 4.90 Å². The van der Waals surface area contributed by atoms with E-state index in [-0.39, 0.29) is 11.6 Å². The van der Waals surface area contributed by atoms with Crippen molar-refractivity contribution in [3.05, 3.63) is 48.0 Å². The molecule has 0 amide bonds. The summed E-state index contributed by atoms with van der Waals surface area (Å²) in [7, 11) is 2.09. The van der Waals surface area contributed by atoms with E-state index in [9.17, 15) is 9.90 Å². The lowest BCUT2D eigenvalue weighted by atomic mass is 9.84. The van der Waals surface area contributed by atoms with Crippen molar-refractivity contribution in [2.75, 3.05) is 7.05 Å². The van der Waals surface area contributed by atoms with E-state index >= 15 is 0 Å². The number of benzene rings is 1. The van der Waals surface area contributed by atoms with Crippen LogP contribution in [-0.4, -0.2) is 40.7 Å². The molecule has 24 heavy (non-hydrogen) atoms. The van der Waals surface area contributed by atoms with Gasteiger partial charge in [-0.3, -0.25) is 4.90 Å². The molecule has 4 heteroatoms. The van der Waals surface area contributed by atoms with Gasteiger partial charge in [-0.2, -0.15) is 0 Å². The van der Waals surface area contributed by atoms with Crippen molar-refractivity contribution in [2.24, 2.45) is 0 Å². The first-order valence-electron chi connectivity index (χ1n) is 8.47. The van der Waals surface area contributed by atoms with Gasteiger partial charge in [0.2, 0.25) is 5.60 Å². The minimum Gasteiger partial charge on any atom is -0.460 e. The number of likely N-dealkylation sites (tertiary alicyclic amines) is 1. The minimum atomic E-state index is -1.81. The summed E-state index contributed by atoms with van der Waals surface area (Å²) >= 11 is 0.